The van der Waals surface area contributed by atoms with Crippen LogP contribution in [0.5, 0.6) is 0 Å². The first-order valence-corrected chi connectivity index (χ1v) is 7.98. The second-order valence-corrected chi connectivity index (χ2v) is 8.13. The van der Waals surface area contributed by atoms with Gasteiger partial charge in [0.15, 0.2) is 0 Å². The number of rotatable bonds is 4. The summed E-state index contributed by atoms with van der Waals surface area (Å²) in [5.41, 5.74) is 0.462. The fourth-order valence-electron chi connectivity index (χ4n) is 2.95. The van der Waals surface area contributed by atoms with Gasteiger partial charge < -0.3 is 5.32 Å². The van der Waals surface area contributed by atoms with Gasteiger partial charge in [-0.25, -0.2) is 0 Å². The molecular weight excluding hydrogens is 218 g/mol. The molecule has 4 unspecified atom stereocenters. The lowest BCUT2D eigenvalue weighted by atomic mass is 9.70. The molecule has 0 amide bonds. The van der Waals surface area contributed by atoms with Gasteiger partial charge in [0.05, 0.1) is 0 Å². The van der Waals surface area contributed by atoms with E-state index in [-0.39, 0.29) is 5.25 Å². The third kappa shape index (κ3) is 4.54. The Bertz CT molecular complexity index is 252. The van der Waals surface area contributed by atoms with Crippen molar-refractivity contribution in [3.05, 3.63) is 0 Å². The maximum absolute atomic E-state index is 11.3. The molecule has 96 valence electrons. The molecule has 0 aromatic rings. The van der Waals surface area contributed by atoms with Crippen LogP contribution < -0.4 is 5.32 Å². The van der Waals surface area contributed by atoms with Gasteiger partial charge in [-0.05, 0) is 37.5 Å². The summed E-state index contributed by atoms with van der Waals surface area (Å²) >= 11 is 0. The van der Waals surface area contributed by atoms with Crippen LogP contribution in [0.4, 0.5) is 0 Å². The second kappa shape index (κ2) is 5.63. The Morgan fingerprint density at radius 3 is 2.56 bits per heavy atom. The normalized spacial score (nSPS) is 33.3. The van der Waals surface area contributed by atoms with Gasteiger partial charge in [-0.1, -0.05) is 20.8 Å². The Morgan fingerprint density at radius 2 is 2.06 bits per heavy atom. The summed E-state index contributed by atoms with van der Waals surface area (Å²) in [5.74, 6) is 0.809. The van der Waals surface area contributed by atoms with Gasteiger partial charge >= 0.3 is 0 Å². The lowest BCUT2D eigenvalue weighted by Gasteiger charge is -2.39. The first-order chi connectivity index (χ1) is 7.30. The van der Waals surface area contributed by atoms with Crippen LogP contribution in [0.15, 0.2) is 0 Å². The summed E-state index contributed by atoms with van der Waals surface area (Å²) < 4.78 is 11.3. The van der Waals surface area contributed by atoms with Crippen molar-refractivity contribution in [2.75, 3.05) is 12.8 Å². The number of nitrogens with one attached hydrogen (secondary N) is 1. The molecule has 1 N–H and O–H groups in total. The van der Waals surface area contributed by atoms with Crippen molar-refractivity contribution in [1.82, 2.24) is 5.32 Å². The zero-order valence-electron chi connectivity index (χ0n) is 11.4. The van der Waals surface area contributed by atoms with Crippen molar-refractivity contribution in [3.8, 4) is 0 Å². The highest BCUT2D eigenvalue weighted by molar-refractivity contribution is 7.84. The first kappa shape index (κ1) is 14.2. The monoisotopic (exact) mass is 245 g/mol. The van der Waals surface area contributed by atoms with Gasteiger partial charge in [-0.3, -0.25) is 4.21 Å². The van der Waals surface area contributed by atoms with E-state index in [9.17, 15) is 4.21 Å². The molecular formula is C13H27NOS. The van der Waals surface area contributed by atoms with Crippen LogP contribution in [0.25, 0.3) is 0 Å². The predicted octanol–water partition coefficient (Wildman–Crippen LogP) is 2.56. The molecule has 0 radical (unpaired) electrons. The van der Waals surface area contributed by atoms with Crippen molar-refractivity contribution in [3.63, 3.8) is 0 Å². The van der Waals surface area contributed by atoms with E-state index in [1.165, 1.54) is 19.3 Å². The maximum atomic E-state index is 11.3. The Hall–Kier alpha value is 0.110. The Labute approximate surface area is 103 Å². The zero-order valence-corrected chi connectivity index (χ0v) is 12.2. The second-order valence-electron chi connectivity index (χ2n) is 6.33. The Balaban J connectivity index is 2.40. The van der Waals surface area contributed by atoms with E-state index in [1.807, 2.05) is 0 Å². The van der Waals surface area contributed by atoms with Gasteiger partial charge in [0.25, 0.3) is 0 Å². The maximum Gasteiger partial charge on any atom is 0.0441 e. The summed E-state index contributed by atoms with van der Waals surface area (Å²) in [5, 5.41) is 3.86. The van der Waals surface area contributed by atoms with Crippen molar-refractivity contribution in [2.45, 2.75) is 58.2 Å². The molecule has 4 atom stereocenters. The summed E-state index contributed by atoms with van der Waals surface area (Å²) in [6.07, 6.45) is 5.65. The molecule has 0 saturated heterocycles. The van der Waals surface area contributed by atoms with E-state index in [1.54, 1.807) is 6.26 Å². The van der Waals surface area contributed by atoms with Gasteiger partial charge in [0.1, 0.15) is 0 Å². The van der Waals surface area contributed by atoms with E-state index in [0.717, 1.165) is 12.5 Å². The summed E-state index contributed by atoms with van der Waals surface area (Å²) in [7, 11) is -0.705. The summed E-state index contributed by atoms with van der Waals surface area (Å²) in [6, 6.07) is 0.616. The van der Waals surface area contributed by atoms with Gasteiger partial charge in [0, 0.05) is 34.9 Å². The van der Waals surface area contributed by atoms with Crippen molar-refractivity contribution >= 4 is 10.8 Å². The predicted molar refractivity (Wildman–Crippen MR) is 72.1 cm³/mol. The minimum absolute atomic E-state index is 0.264. The average Bonchev–Trinajstić information content (AvgIpc) is 2.10. The number of hydrogen-bond donors (Lipinski definition) is 1. The van der Waals surface area contributed by atoms with E-state index in [4.69, 9.17) is 0 Å². The first-order valence-electron chi connectivity index (χ1n) is 6.36. The molecule has 1 aliphatic rings. The third-order valence-corrected chi connectivity index (χ3v) is 4.95. The van der Waals surface area contributed by atoms with Crippen LogP contribution >= 0.6 is 0 Å². The van der Waals surface area contributed by atoms with Crippen LogP contribution in [0.2, 0.25) is 0 Å². The molecule has 0 spiro atoms. The molecule has 1 fully saturated rings. The highest BCUT2D eigenvalue weighted by Gasteiger charge is 2.31. The van der Waals surface area contributed by atoms with Crippen LogP contribution in [0.1, 0.15) is 47.0 Å². The highest BCUT2D eigenvalue weighted by Crippen LogP contribution is 2.38. The van der Waals surface area contributed by atoms with E-state index >= 15 is 0 Å². The summed E-state index contributed by atoms with van der Waals surface area (Å²) in [6.45, 7) is 10.0. The minimum atomic E-state index is -0.705. The molecule has 0 heterocycles. The third-order valence-electron chi connectivity index (χ3n) is 3.65. The molecule has 16 heavy (non-hydrogen) atoms. The van der Waals surface area contributed by atoms with Crippen LogP contribution in [0, 0.1) is 11.3 Å². The molecule has 3 heteroatoms. The molecule has 0 bridgehead atoms. The SMILES string of the molecule is CC1CC(NCC(C)S(C)=O)CC(C)(C)C1. The van der Waals surface area contributed by atoms with E-state index < -0.39 is 10.8 Å². The van der Waals surface area contributed by atoms with Crippen molar-refractivity contribution in [1.29, 1.82) is 0 Å². The van der Waals surface area contributed by atoms with E-state index in [0.29, 0.717) is 11.5 Å². The average molecular weight is 245 g/mol. The smallest absolute Gasteiger partial charge is 0.0441 e. The van der Waals surface area contributed by atoms with Gasteiger partial charge in [-0.2, -0.15) is 0 Å². The minimum Gasteiger partial charge on any atom is -0.313 e. The standard InChI is InChI=1S/C13H27NOS/c1-10-6-12(8-13(3,4)7-10)14-9-11(2)16(5)15/h10-12,14H,6-9H2,1-5H3. The highest BCUT2D eigenvalue weighted by atomic mass is 32.2. The Morgan fingerprint density at radius 1 is 1.44 bits per heavy atom. The Kier molecular flexibility index (Phi) is 4.99. The lowest BCUT2D eigenvalue weighted by molar-refractivity contribution is 0.152. The van der Waals surface area contributed by atoms with Crippen LogP contribution in [-0.2, 0) is 10.8 Å². The molecule has 2 nitrogen and oxygen atoms in total. The molecule has 1 aliphatic carbocycles. The quantitative estimate of drug-likeness (QED) is 0.825. The largest absolute Gasteiger partial charge is 0.313 e. The van der Waals surface area contributed by atoms with Gasteiger partial charge in [-0.15, -0.1) is 0 Å². The summed E-state index contributed by atoms with van der Waals surface area (Å²) in [4.78, 5) is 0. The fourth-order valence-corrected chi connectivity index (χ4v) is 3.28. The molecule has 0 aromatic heterocycles. The molecule has 0 aliphatic heterocycles. The van der Waals surface area contributed by atoms with Crippen LogP contribution in [0.3, 0.4) is 0 Å². The van der Waals surface area contributed by atoms with Crippen molar-refractivity contribution in [2.24, 2.45) is 11.3 Å². The number of hydrogen-bond acceptors (Lipinski definition) is 2. The molecule has 1 saturated carbocycles. The van der Waals surface area contributed by atoms with E-state index in [2.05, 4.69) is 33.0 Å². The molecule has 0 aromatic carbocycles. The van der Waals surface area contributed by atoms with Crippen molar-refractivity contribution < 1.29 is 4.21 Å². The lowest BCUT2D eigenvalue weighted by Crippen LogP contribution is -2.43. The fraction of sp³-hybridized carbons (Fsp3) is 1.00. The van der Waals surface area contributed by atoms with Crippen LogP contribution in [-0.4, -0.2) is 28.3 Å². The molecule has 1 rings (SSSR count). The zero-order chi connectivity index (χ0) is 12.3. The topological polar surface area (TPSA) is 29.1 Å². The van der Waals surface area contributed by atoms with Gasteiger partial charge in [0.2, 0.25) is 0 Å².